The first-order valence-corrected chi connectivity index (χ1v) is 11.3. The van der Waals surface area contributed by atoms with Crippen LogP contribution >= 0.6 is 0 Å². The fraction of sp³-hybridized carbons (Fsp3) is 0.333. The number of aromatic nitrogens is 2. The normalized spacial score (nSPS) is 22.8. The molecule has 1 fully saturated rings. The maximum Gasteiger partial charge on any atom is 0.143 e. The van der Waals surface area contributed by atoms with Crippen LogP contribution in [0.1, 0.15) is 29.7 Å². The number of aryl methyl sites for hydroxylation is 1. The predicted molar refractivity (Wildman–Crippen MR) is 128 cm³/mol. The Bertz CT molecular complexity index is 1200. The summed E-state index contributed by atoms with van der Waals surface area (Å²) >= 11 is 0. The molecule has 0 amide bonds. The Morgan fingerprint density at radius 3 is 2.79 bits per heavy atom. The highest BCUT2D eigenvalue weighted by molar-refractivity contribution is 6.01. The zero-order chi connectivity index (χ0) is 22.8. The first-order valence-electron chi connectivity index (χ1n) is 11.3. The van der Waals surface area contributed by atoms with Crippen molar-refractivity contribution in [2.24, 2.45) is 10.9 Å². The monoisotopic (exact) mass is 445 g/mol. The van der Waals surface area contributed by atoms with Crippen LogP contribution in [0.4, 0.5) is 4.39 Å². The Morgan fingerprint density at radius 2 is 2.03 bits per heavy atom. The molecule has 6 heteroatoms. The van der Waals surface area contributed by atoms with Gasteiger partial charge in [-0.25, -0.2) is 9.37 Å². The van der Waals surface area contributed by atoms with E-state index >= 15 is 0 Å². The maximum atomic E-state index is 13.6. The number of allylic oxidation sites excluding steroid dienone is 1. The van der Waals surface area contributed by atoms with Crippen molar-refractivity contribution in [3.63, 3.8) is 0 Å². The van der Waals surface area contributed by atoms with Crippen molar-refractivity contribution in [3.05, 3.63) is 83.7 Å². The first kappa shape index (κ1) is 21.6. The summed E-state index contributed by atoms with van der Waals surface area (Å²) in [6.45, 7) is 4.06. The molecule has 0 saturated carbocycles. The third-order valence-corrected chi connectivity index (χ3v) is 6.85. The van der Waals surface area contributed by atoms with Gasteiger partial charge in [-0.15, -0.1) is 0 Å². The molecule has 0 radical (unpaired) electrons. The van der Waals surface area contributed by atoms with Gasteiger partial charge < -0.3 is 14.0 Å². The van der Waals surface area contributed by atoms with Crippen molar-refractivity contribution in [2.45, 2.75) is 25.2 Å². The van der Waals surface area contributed by atoms with Crippen molar-refractivity contribution in [1.29, 1.82) is 0 Å². The Balaban J connectivity index is 1.43. The molecule has 3 aromatic rings. The van der Waals surface area contributed by atoms with Gasteiger partial charge >= 0.3 is 0 Å². The number of hydrogen-bond acceptors (Lipinski definition) is 4. The molecule has 0 aliphatic carbocycles. The number of rotatable bonds is 5. The Morgan fingerprint density at radius 1 is 1.18 bits per heavy atom. The molecule has 5 rings (SSSR count). The molecule has 2 aliphatic rings. The smallest absolute Gasteiger partial charge is 0.143 e. The second kappa shape index (κ2) is 8.94. The van der Waals surface area contributed by atoms with Crippen molar-refractivity contribution in [2.75, 3.05) is 26.9 Å². The van der Waals surface area contributed by atoms with Crippen LogP contribution in [-0.2, 0) is 10.2 Å². The van der Waals surface area contributed by atoms with Crippen molar-refractivity contribution < 1.29 is 13.9 Å². The minimum absolute atomic E-state index is 0.159. The molecule has 1 saturated heterocycles. The predicted octanol–water partition coefficient (Wildman–Crippen LogP) is 5.16. The van der Waals surface area contributed by atoms with Gasteiger partial charge in [0, 0.05) is 36.4 Å². The van der Waals surface area contributed by atoms with Crippen molar-refractivity contribution in [1.82, 2.24) is 9.55 Å². The lowest BCUT2D eigenvalue weighted by atomic mass is 9.63. The van der Waals surface area contributed by atoms with E-state index in [1.54, 1.807) is 25.6 Å². The minimum atomic E-state index is -0.212. The van der Waals surface area contributed by atoms with E-state index in [1.165, 1.54) is 0 Å². The summed E-state index contributed by atoms with van der Waals surface area (Å²) < 4.78 is 27.1. The fourth-order valence-corrected chi connectivity index (χ4v) is 5.13. The number of benzene rings is 2. The van der Waals surface area contributed by atoms with Gasteiger partial charge in [-0.3, -0.25) is 4.99 Å². The average molecular weight is 446 g/mol. The summed E-state index contributed by atoms with van der Waals surface area (Å²) in [6, 6.07) is 13.1. The van der Waals surface area contributed by atoms with Gasteiger partial charge in [-0.05, 0) is 61.2 Å². The summed E-state index contributed by atoms with van der Waals surface area (Å²) in [4.78, 5) is 9.19. The number of ether oxygens (including phenoxy) is 2. The van der Waals surface area contributed by atoms with E-state index in [0.717, 1.165) is 53.4 Å². The largest absolute Gasteiger partial charge is 0.495 e. The van der Waals surface area contributed by atoms with Gasteiger partial charge in [-0.1, -0.05) is 24.3 Å². The average Bonchev–Trinajstić information content (AvgIpc) is 3.28. The van der Waals surface area contributed by atoms with E-state index < -0.39 is 0 Å². The lowest BCUT2D eigenvalue weighted by Gasteiger charge is -2.46. The molecule has 2 aliphatic heterocycles. The third kappa shape index (κ3) is 4.11. The van der Waals surface area contributed by atoms with Crippen LogP contribution in [0.3, 0.4) is 0 Å². The molecule has 33 heavy (non-hydrogen) atoms. The van der Waals surface area contributed by atoms with Gasteiger partial charge in [0.1, 0.15) is 11.6 Å². The van der Waals surface area contributed by atoms with Crippen LogP contribution in [-0.4, -0.2) is 42.1 Å². The second-order valence-electron chi connectivity index (χ2n) is 8.80. The third-order valence-electron chi connectivity index (χ3n) is 6.85. The molecular formula is C27H28FN3O2. The molecule has 3 heterocycles. The SMILES string of the molecule is COc1cc(/C=C/C2=NCCC3(c4ccc(F)cc4)COCCC23)ccc1-n1cnc(C)c1. The van der Waals surface area contributed by atoms with Crippen LogP contribution in [0.2, 0.25) is 0 Å². The number of imidazole rings is 1. The molecule has 2 atom stereocenters. The number of fused-ring (bicyclic) bond motifs is 1. The summed E-state index contributed by atoms with van der Waals surface area (Å²) in [5, 5.41) is 0. The minimum Gasteiger partial charge on any atom is -0.495 e. The van der Waals surface area contributed by atoms with Gasteiger partial charge in [0.2, 0.25) is 0 Å². The van der Waals surface area contributed by atoms with Gasteiger partial charge in [0.25, 0.3) is 0 Å². The molecule has 2 unspecified atom stereocenters. The molecular weight excluding hydrogens is 417 g/mol. The zero-order valence-corrected chi connectivity index (χ0v) is 19.0. The van der Waals surface area contributed by atoms with E-state index in [2.05, 4.69) is 23.2 Å². The van der Waals surface area contributed by atoms with Crippen molar-refractivity contribution in [3.8, 4) is 11.4 Å². The second-order valence-corrected chi connectivity index (χ2v) is 8.80. The van der Waals surface area contributed by atoms with Crippen molar-refractivity contribution >= 4 is 11.8 Å². The maximum absolute atomic E-state index is 13.6. The molecule has 0 bridgehead atoms. The van der Waals surface area contributed by atoms with E-state index in [1.807, 2.05) is 42.0 Å². The number of aliphatic imine (C=N–C) groups is 1. The molecule has 5 nitrogen and oxygen atoms in total. The summed E-state index contributed by atoms with van der Waals surface area (Å²) in [5.74, 6) is 0.819. The van der Waals surface area contributed by atoms with Gasteiger partial charge in [0.15, 0.2) is 0 Å². The lowest BCUT2D eigenvalue weighted by Crippen LogP contribution is -2.50. The molecule has 1 aromatic heterocycles. The highest BCUT2D eigenvalue weighted by Gasteiger charge is 2.46. The molecule has 0 N–H and O–H groups in total. The first-order chi connectivity index (χ1) is 16.1. The Hall–Kier alpha value is -3.25. The Labute approximate surface area is 193 Å². The summed E-state index contributed by atoms with van der Waals surface area (Å²) in [5.41, 5.74) is 5.01. The highest BCUT2D eigenvalue weighted by Crippen LogP contribution is 2.44. The number of hydrogen-bond donors (Lipinski definition) is 0. The van der Waals surface area contributed by atoms with Gasteiger partial charge in [0.05, 0.1) is 31.4 Å². The fourth-order valence-electron chi connectivity index (χ4n) is 5.13. The quantitative estimate of drug-likeness (QED) is 0.545. The van der Waals surface area contributed by atoms with Crippen LogP contribution in [0, 0.1) is 18.7 Å². The van der Waals surface area contributed by atoms with Crippen LogP contribution in [0.25, 0.3) is 11.8 Å². The number of halogens is 1. The van der Waals surface area contributed by atoms with E-state index in [0.29, 0.717) is 13.2 Å². The Kier molecular flexibility index (Phi) is 5.85. The van der Waals surface area contributed by atoms with Crippen LogP contribution < -0.4 is 4.74 Å². The van der Waals surface area contributed by atoms with E-state index in [9.17, 15) is 4.39 Å². The summed E-state index contributed by atoms with van der Waals surface area (Å²) in [7, 11) is 1.68. The number of nitrogens with zero attached hydrogens (tertiary/aromatic N) is 3. The molecule has 170 valence electrons. The zero-order valence-electron chi connectivity index (χ0n) is 19.0. The lowest BCUT2D eigenvalue weighted by molar-refractivity contribution is 0.00883. The molecule has 2 aromatic carbocycles. The summed E-state index contributed by atoms with van der Waals surface area (Å²) in [6.07, 6.45) is 9.81. The standard InChI is InChI=1S/C27H28FN3O2/c1-19-16-31(18-30-19)25-10-4-20(15-26(25)32-2)3-9-24-23-11-14-33-17-27(23,12-13-29-24)21-5-7-22(28)8-6-21/h3-10,15-16,18,23H,11-14,17H2,1-2H3/b9-3+. The van der Waals surface area contributed by atoms with Crippen LogP contribution in [0.5, 0.6) is 5.75 Å². The topological polar surface area (TPSA) is 48.6 Å². The van der Waals surface area contributed by atoms with Gasteiger partial charge in [-0.2, -0.15) is 0 Å². The number of methoxy groups -OCH3 is 1. The van der Waals surface area contributed by atoms with Crippen LogP contribution in [0.15, 0.2) is 66.1 Å². The molecule has 0 spiro atoms. The highest BCUT2D eigenvalue weighted by atomic mass is 19.1. The van der Waals surface area contributed by atoms with E-state index in [-0.39, 0.29) is 17.2 Å². The van der Waals surface area contributed by atoms with E-state index in [4.69, 9.17) is 14.5 Å².